The molecule has 0 saturated carbocycles. The summed E-state index contributed by atoms with van der Waals surface area (Å²) in [6.45, 7) is 0.961. The lowest BCUT2D eigenvalue weighted by Crippen LogP contribution is -2.00. The van der Waals surface area contributed by atoms with E-state index in [4.69, 9.17) is 32.7 Å². The van der Waals surface area contributed by atoms with Crippen LogP contribution in [-0.4, -0.2) is 19.1 Å². The van der Waals surface area contributed by atoms with Crippen LogP contribution in [0.15, 0.2) is 26.1 Å². The minimum absolute atomic E-state index is 0.432. The summed E-state index contributed by atoms with van der Waals surface area (Å²) in [6, 6.07) is 3.54. The molecule has 1 aromatic rings. The summed E-state index contributed by atoms with van der Waals surface area (Å²) in [4.78, 5) is 0. The van der Waals surface area contributed by atoms with Gasteiger partial charge in [0.1, 0.15) is 12.4 Å². The summed E-state index contributed by atoms with van der Waals surface area (Å²) < 4.78 is 12.7. The van der Waals surface area contributed by atoms with E-state index in [1.807, 2.05) is 12.1 Å². The van der Waals surface area contributed by atoms with E-state index in [1.165, 1.54) is 0 Å². The molecule has 1 rings (SSSR count). The number of rotatable bonds is 7. The quantitative estimate of drug-likeness (QED) is 0.334. The van der Waals surface area contributed by atoms with Gasteiger partial charge in [0.05, 0.1) is 19.5 Å². The molecule has 0 radical (unpaired) electrons. The third-order valence-corrected chi connectivity index (χ3v) is 3.77. The molecule has 7 heteroatoms. The Kier molecular flexibility index (Phi) is 8.82. The summed E-state index contributed by atoms with van der Waals surface area (Å²) in [5.74, 6) is 1.83. The van der Waals surface area contributed by atoms with Crippen LogP contribution in [-0.2, 0) is 0 Å². The minimum atomic E-state index is 0.432. The summed E-state index contributed by atoms with van der Waals surface area (Å²) in [7, 11) is 0. The zero-order chi connectivity index (χ0) is 14.3. The van der Waals surface area contributed by atoms with Gasteiger partial charge in [0.25, 0.3) is 0 Å². The van der Waals surface area contributed by atoms with Crippen molar-refractivity contribution in [3.63, 3.8) is 0 Å². The van der Waals surface area contributed by atoms with Gasteiger partial charge in [-0.25, -0.2) is 0 Å². The van der Waals surface area contributed by atoms with E-state index in [-0.39, 0.29) is 0 Å². The zero-order valence-electron chi connectivity index (χ0n) is 9.77. The third kappa shape index (κ3) is 6.71. The van der Waals surface area contributed by atoms with Crippen molar-refractivity contribution in [2.45, 2.75) is 6.42 Å². The molecule has 0 aliphatic rings. The number of ether oxygens (including phenoxy) is 2. The first-order valence-corrected chi connectivity index (χ1v) is 8.65. The van der Waals surface area contributed by atoms with Crippen LogP contribution in [0.3, 0.4) is 0 Å². The Balaban J connectivity index is 2.70. The molecule has 0 heterocycles. The van der Waals surface area contributed by atoms with Crippen LogP contribution in [0.25, 0.3) is 0 Å². The van der Waals surface area contributed by atoms with Crippen LogP contribution in [0.4, 0.5) is 0 Å². The number of benzene rings is 1. The monoisotopic (exact) mass is 494 g/mol. The molecule has 0 bridgehead atoms. The van der Waals surface area contributed by atoms with E-state index in [9.17, 15) is 0 Å². The molecule has 1 aromatic carbocycles. The van der Waals surface area contributed by atoms with E-state index < -0.39 is 0 Å². The van der Waals surface area contributed by atoms with Crippen molar-refractivity contribution >= 4 is 71.0 Å². The lowest BCUT2D eigenvalue weighted by Gasteiger charge is -2.12. The summed E-state index contributed by atoms with van der Waals surface area (Å²) in [5.41, 5.74) is 0. The van der Waals surface area contributed by atoms with Crippen molar-refractivity contribution in [2.75, 3.05) is 19.1 Å². The van der Waals surface area contributed by atoms with Gasteiger partial charge >= 0.3 is 0 Å². The second-order valence-electron chi connectivity index (χ2n) is 3.41. The van der Waals surface area contributed by atoms with Crippen molar-refractivity contribution < 1.29 is 9.47 Å². The highest BCUT2D eigenvalue weighted by molar-refractivity contribution is 9.28. The number of halogens is 5. The summed E-state index contributed by atoms with van der Waals surface area (Å²) in [6.07, 6.45) is 2.61. The molecule has 0 aliphatic heterocycles. The van der Waals surface area contributed by atoms with Gasteiger partial charge in [-0.05, 0) is 66.4 Å². The third-order valence-electron chi connectivity index (χ3n) is 1.98. The van der Waals surface area contributed by atoms with Gasteiger partial charge < -0.3 is 9.47 Å². The highest BCUT2D eigenvalue weighted by Crippen LogP contribution is 2.37. The standard InChI is InChI=1S/C12H11Br3Cl2O2/c13-9-6-8(18-5-2-11(14)15)7-10(17)12(9)19-4-1-3-16/h2,6-7H,1,3-5H2. The van der Waals surface area contributed by atoms with Gasteiger partial charge in [0, 0.05) is 11.9 Å². The van der Waals surface area contributed by atoms with Crippen LogP contribution in [0, 0.1) is 0 Å². The average molecular weight is 498 g/mol. The Morgan fingerprint density at radius 1 is 1.26 bits per heavy atom. The molecule has 0 fully saturated rings. The second-order valence-corrected chi connectivity index (χ2v) is 7.82. The molecule has 0 N–H and O–H groups in total. The number of hydrogen-bond acceptors (Lipinski definition) is 2. The zero-order valence-corrected chi connectivity index (χ0v) is 16.0. The Hall–Kier alpha value is 0.580. The molecule has 0 unspecified atom stereocenters. The van der Waals surface area contributed by atoms with Crippen LogP contribution in [0.1, 0.15) is 6.42 Å². The molecule has 2 nitrogen and oxygen atoms in total. The molecule has 106 valence electrons. The smallest absolute Gasteiger partial charge is 0.152 e. The van der Waals surface area contributed by atoms with E-state index in [0.717, 1.165) is 14.3 Å². The van der Waals surface area contributed by atoms with Gasteiger partial charge in [-0.2, -0.15) is 0 Å². The highest BCUT2D eigenvalue weighted by Gasteiger charge is 2.10. The molecule has 0 spiro atoms. The van der Waals surface area contributed by atoms with Gasteiger partial charge in [0.15, 0.2) is 5.75 Å². The topological polar surface area (TPSA) is 18.5 Å². The minimum Gasteiger partial charge on any atom is -0.491 e. The molecule has 0 saturated heterocycles. The van der Waals surface area contributed by atoms with Crippen molar-refractivity contribution in [3.8, 4) is 11.5 Å². The lowest BCUT2D eigenvalue weighted by molar-refractivity contribution is 0.314. The largest absolute Gasteiger partial charge is 0.491 e. The fraction of sp³-hybridized carbons (Fsp3) is 0.333. The van der Waals surface area contributed by atoms with E-state index in [2.05, 4.69) is 47.8 Å². The predicted octanol–water partition coefficient (Wildman–Crippen LogP) is 6.12. The van der Waals surface area contributed by atoms with Crippen molar-refractivity contribution in [1.29, 1.82) is 0 Å². The molecular weight excluding hydrogens is 487 g/mol. The highest BCUT2D eigenvalue weighted by atomic mass is 79.9. The van der Waals surface area contributed by atoms with Crippen LogP contribution in [0.2, 0.25) is 5.02 Å². The maximum atomic E-state index is 6.15. The molecule has 0 amide bonds. The first kappa shape index (κ1) is 17.6. The maximum absolute atomic E-state index is 6.15. The first-order valence-electron chi connectivity index (χ1n) is 5.36. The molecule has 0 aliphatic carbocycles. The molecule has 0 aromatic heterocycles. The molecule has 0 atom stereocenters. The van der Waals surface area contributed by atoms with Gasteiger partial charge in [-0.3, -0.25) is 0 Å². The molecule has 19 heavy (non-hydrogen) atoms. The summed E-state index contributed by atoms with van der Waals surface area (Å²) in [5, 5.41) is 0.501. The number of hydrogen-bond donors (Lipinski definition) is 0. The Bertz CT molecular complexity index is 426. The summed E-state index contributed by atoms with van der Waals surface area (Å²) >= 11 is 21.7. The van der Waals surface area contributed by atoms with Crippen molar-refractivity contribution in [1.82, 2.24) is 0 Å². The Morgan fingerprint density at radius 3 is 2.58 bits per heavy atom. The van der Waals surface area contributed by atoms with E-state index in [0.29, 0.717) is 35.6 Å². The predicted molar refractivity (Wildman–Crippen MR) is 91.4 cm³/mol. The first-order chi connectivity index (χ1) is 9.04. The van der Waals surface area contributed by atoms with Crippen molar-refractivity contribution in [3.05, 3.63) is 31.1 Å². The number of alkyl halides is 1. The van der Waals surface area contributed by atoms with E-state index >= 15 is 0 Å². The van der Waals surface area contributed by atoms with Gasteiger partial charge in [-0.1, -0.05) is 11.6 Å². The molecular formula is C12H11Br3Cl2O2. The van der Waals surface area contributed by atoms with Crippen molar-refractivity contribution in [2.24, 2.45) is 0 Å². The lowest BCUT2D eigenvalue weighted by atomic mass is 10.3. The van der Waals surface area contributed by atoms with Gasteiger partial charge in [0.2, 0.25) is 0 Å². The maximum Gasteiger partial charge on any atom is 0.152 e. The fourth-order valence-electron chi connectivity index (χ4n) is 1.19. The average Bonchev–Trinajstić information content (AvgIpc) is 2.32. The van der Waals surface area contributed by atoms with E-state index in [1.54, 1.807) is 6.07 Å². The van der Waals surface area contributed by atoms with Crippen LogP contribution >= 0.6 is 71.0 Å². The Morgan fingerprint density at radius 2 is 2.00 bits per heavy atom. The fourth-order valence-corrected chi connectivity index (χ4v) is 2.49. The Labute approximate surface area is 147 Å². The van der Waals surface area contributed by atoms with Crippen LogP contribution in [0.5, 0.6) is 11.5 Å². The van der Waals surface area contributed by atoms with Gasteiger partial charge in [-0.15, -0.1) is 11.6 Å². The normalized spacial score (nSPS) is 10.2. The van der Waals surface area contributed by atoms with Crippen LogP contribution < -0.4 is 9.47 Å². The SMILES string of the molecule is ClCCCOc1c(Cl)cc(OCC=C(Br)Br)cc1Br. The second kappa shape index (κ2) is 9.50.